The number of primary amides is 1. The Labute approximate surface area is 132 Å². The first-order valence-electron chi connectivity index (χ1n) is 7.50. The lowest BCUT2D eigenvalue weighted by Crippen LogP contribution is -2.45. The van der Waals surface area contributed by atoms with Crippen LogP contribution < -0.4 is 10.6 Å². The van der Waals surface area contributed by atoms with Crippen LogP contribution in [0.5, 0.6) is 0 Å². The van der Waals surface area contributed by atoms with Gasteiger partial charge < -0.3 is 15.5 Å². The van der Waals surface area contributed by atoms with Gasteiger partial charge in [0.1, 0.15) is 6.33 Å². The maximum Gasteiger partial charge on any atom is 0.248 e. The first-order chi connectivity index (χ1) is 11.1. The fourth-order valence-electron chi connectivity index (χ4n) is 2.92. The van der Waals surface area contributed by atoms with Gasteiger partial charge in [-0.25, -0.2) is 4.98 Å². The lowest BCUT2D eigenvalue weighted by Gasteiger charge is -2.33. The van der Waals surface area contributed by atoms with E-state index in [2.05, 4.69) is 27.0 Å². The monoisotopic (exact) mass is 311 g/mol. The van der Waals surface area contributed by atoms with Crippen LogP contribution in [0.1, 0.15) is 10.4 Å². The first kappa shape index (κ1) is 13.9. The molecule has 1 aliphatic rings. The molecule has 8 heteroatoms. The molecule has 1 fully saturated rings. The minimum atomic E-state index is -0.462. The van der Waals surface area contributed by atoms with Crippen molar-refractivity contribution < 1.29 is 4.79 Å². The molecule has 2 aromatic heterocycles. The van der Waals surface area contributed by atoms with Gasteiger partial charge in [0.25, 0.3) is 0 Å². The Morgan fingerprint density at radius 2 is 2.00 bits per heavy atom. The number of anilines is 1. The number of fused-ring (bicyclic) bond motifs is 3. The fraction of sp³-hybridized carbons (Fsp3) is 0.333. The van der Waals surface area contributed by atoms with Crippen LogP contribution in [0.25, 0.3) is 16.7 Å². The zero-order valence-corrected chi connectivity index (χ0v) is 12.8. The summed E-state index contributed by atoms with van der Waals surface area (Å²) in [5, 5.41) is 8.23. The van der Waals surface area contributed by atoms with Crippen molar-refractivity contribution >= 4 is 28.4 Å². The quantitative estimate of drug-likeness (QED) is 0.723. The number of piperazine rings is 1. The Balaban J connectivity index is 1.90. The van der Waals surface area contributed by atoms with Gasteiger partial charge in [0.2, 0.25) is 11.6 Å². The lowest BCUT2D eigenvalue weighted by molar-refractivity contribution is 0.100. The average molecular weight is 311 g/mol. The molecule has 1 aliphatic heterocycles. The third-order valence-electron chi connectivity index (χ3n) is 4.30. The van der Waals surface area contributed by atoms with Crippen molar-refractivity contribution in [1.82, 2.24) is 24.5 Å². The summed E-state index contributed by atoms with van der Waals surface area (Å²) >= 11 is 0. The molecule has 0 aliphatic carbocycles. The van der Waals surface area contributed by atoms with Crippen molar-refractivity contribution in [3.05, 3.63) is 30.1 Å². The molecular weight excluding hydrogens is 294 g/mol. The molecular formula is C15H17N7O. The maximum absolute atomic E-state index is 11.4. The molecule has 1 saturated heterocycles. The standard InChI is InChI=1S/C15H17N7O/c1-20-4-6-21(7-5-20)14-15-19-17-9-22(15)12-8-10(13(16)23)2-3-11(12)18-14/h2-3,8-9H,4-7H2,1H3,(H2,16,23). The first-order valence-corrected chi connectivity index (χ1v) is 7.50. The van der Waals surface area contributed by atoms with Crippen molar-refractivity contribution in [2.45, 2.75) is 0 Å². The second-order valence-corrected chi connectivity index (χ2v) is 5.82. The van der Waals surface area contributed by atoms with Gasteiger partial charge in [-0.05, 0) is 25.2 Å². The molecule has 0 saturated carbocycles. The third-order valence-corrected chi connectivity index (χ3v) is 4.30. The van der Waals surface area contributed by atoms with Gasteiger partial charge in [0.15, 0.2) is 5.82 Å². The minimum absolute atomic E-state index is 0.446. The Kier molecular flexibility index (Phi) is 3.12. The van der Waals surface area contributed by atoms with Crippen molar-refractivity contribution in [3.63, 3.8) is 0 Å². The minimum Gasteiger partial charge on any atom is -0.366 e. The average Bonchev–Trinajstić information content (AvgIpc) is 3.04. The summed E-state index contributed by atoms with van der Waals surface area (Å²) in [6, 6.07) is 5.24. The second kappa shape index (κ2) is 5.17. The second-order valence-electron chi connectivity index (χ2n) is 5.82. The van der Waals surface area contributed by atoms with Crippen LogP contribution in [0, 0.1) is 0 Å². The normalized spacial score (nSPS) is 16.3. The highest BCUT2D eigenvalue weighted by atomic mass is 16.1. The van der Waals surface area contributed by atoms with Gasteiger partial charge >= 0.3 is 0 Å². The van der Waals surface area contributed by atoms with Gasteiger partial charge in [-0.2, -0.15) is 0 Å². The number of carbonyl (C=O) groups excluding carboxylic acids is 1. The number of benzene rings is 1. The smallest absolute Gasteiger partial charge is 0.248 e. The van der Waals surface area contributed by atoms with E-state index in [4.69, 9.17) is 10.7 Å². The van der Waals surface area contributed by atoms with E-state index in [0.29, 0.717) is 11.2 Å². The van der Waals surface area contributed by atoms with E-state index in [1.54, 1.807) is 18.5 Å². The predicted octanol–water partition coefficient (Wildman–Crippen LogP) is 0.128. The number of hydrogen-bond donors (Lipinski definition) is 1. The predicted molar refractivity (Wildman–Crippen MR) is 86.5 cm³/mol. The highest BCUT2D eigenvalue weighted by Crippen LogP contribution is 2.24. The van der Waals surface area contributed by atoms with Gasteiger partial charge in [0, 0.05) is 31.7 Å². The number of hydrogen-bond acceptors (Lipinski definition) is 6. The molecule has 0 atom stereocenters. The van der Waals surface area contributed by atoms with Crippen LogP contribution in [0.2, 0.25) is 0 Å². The topological polar surface area (TPSA) is 92.7 Å². The zero-order chi connectivity index (χ0) is 16.0. The summed E-state index contributed by atoms with van der Waals surface area (Å²) in [5.74, 6) is 0.367. The van der Waals surface area contributed by atoms with Crippen molar-refractivity contribution in [1.29, 1.82) is 0 Å². The number of likely N-dealkylation sites (N-methyl/N-ethyl adjacent to an activating group) is 1. The number of rotatable bonds is 2. The largest absolute Gasteiger partial charge is 0.366 e. The van der Waals surface area contributed by atoms with Crippen LogP contribution in [0.15, 0.2) is 24.5 Å². The third kappa shape index (κ3) is 2.27. The van der Waals surface area contributed by atoms with Crippen LogP contribution in [0.3, 0.4) is 0 Å². The molecule has 2 N–H and O–H groups in total. The van der Waals surface area contributed by atoms with E-state index in [1.807, 2.05) is 10.5 Å². The van der Waals surface area contributed by atoms with E-state index in [0.717, 1.165) is 43.0 Å². The zero-order valence-electron chi connectivity index (χ0n) is 12.8. The molecule has 3 heterocycles. The summed E-state index contributed by atoms with van der Waals surface area (Å²) in [4.78, 5) is 20.7. The Morgan fingerprint density at radius 1 is 1.22 bits per heavy atom. The molecule has 23 heavy (non-hydrogen) atoms. The maximum atomic E-state index is 11.4. The summed E-state index contributed by atoms with van der Waals surface area (Å²) in [6.07, 6.45) is 1.64. The summed E-state index contributed by atoms with van der Waals surface area (Å²) in [6.45, 7) is 3.77. The van der Waals surface area contributed by atoms with Crippen LogP contribution in [0.4, 0.5) is 5.82 Å². The Morgan fingerprint density at radius 3 is 2.74 bits per heavy atom. The fourth-order valence-corrected chi connectivity index (χ4v) is 2.92. The Bertz CT molecular complexity index is 895. The molecule has 3 aromatic rings. The summed E-state index contributed by atoms with van der Waals surface area (Å²) < 4.78 is 1.86. The van der Waals surface area contributed by atoms with E-state index in [1.165, 1.54) is 0 Å². The highest BCUT2D eigenvalue weighted by Gasteiger charge is 2.20. The van der Waals surface area contributed by atoms with Crippen molar-refractivity contribution in [3.8, 4) is 0 Å². The van der Waals surface area contributed by atoms with Crippen LogP contribution >= 0.6 is 0 Å². The summed E-state index contributed by atoms with van der Waals surface area (Å²) in [5.41, 5.74) is 8.08. The molecule has 8 nitrogen and oxygen atoms in total. The molecule has 1 aromatic carbocycles. The van der Waals surface area contributed by atoms with Gasteiger partial charge in [-0.1, -0.05) is 0 Å². The molecule has 4 rings (SSSR count). The van der Waals surface area contributed by atoms with Gasteiger partial charge in [-0.3, -0.25) is 9.20 Å². The Hall–Kier alpha value is -2.74. The van der Waals surface area contributed by atoms with Crippen molar-refractivity contribution in [2.24, 2.45) is 5.73 Å². The molecule has 0 radical (unpaired) electrons. The van der Waals surface area contributed by atoms with Crippen LogP contribution in [-0.2, 0) is 0 Å². The molecule has 0 unspecified atom stereocenters. The number of aromatic nitrogens is 4. The summed E-state index contributed by atoms with van der Waals surface area (Å²) in [7, 11) is 2.11. The molecule has 0 bridgehead atoms. The van der Waals surface area contributed by atoms with E-state index < -0.39 is 5.91 Å². The highest BCUT2D eigenvalue weighted by molar-refractivity contribution is 5.97. The van der Waals surface area contributed by atoms with Crippen LogP contribution in [-0.4, -0.2) is 63.6 Å². The lowest BCUT2D eigenvalue weighted by atomic mass is 10.2. The molecule has 1 amide bonds. The number of nitrogens with zero attached hydrogens (tertiary/aromatic N) is 6. The number of nitrogens with two attached hydrogens (primary N) is 1. The van der Waals surface area contributed by atoms with E-state index in [9.17, 15) is 4.79 Å². The molecule has 0 spiro atoms. The number of amides is 1. The van der Waals surface area contributed by atoms with Gasteiger partial charge in [0.05, 0.1) is 11.0 Å². The van der Waals surface area contributed by atoms with E-state index >= 15 is 0 Å². The SMILES string of the molecule is CN1CCN(c2nc3ccc(C(N)=O)cc3n3cnnc23)CC1. The number of carbonyl (C=O) groups is 1. The van der Waals surface area contributed by atoms with Crippen molar-refractivity contribution in [2.75, 3.05) is 38.1 Å². The van der Waals surface area contributed by atoms with E-state index in [-0.39, 0.29) is 0 Å². The van der Waals surface area contributed by atoms with Gasteiger partial charge in [-0.15, -0.1) is 10.2 Å². The molecule has 118 valence electrons.